The van der Waals surface area contributed by atoms with Gasteiger partial charge in [-0.25, -0.2) is 0 Å². The Kier molecular flexibility index (Phi) is 5.66. The molecule has 5 heteroatoms. The van der Waals surface area contributed by atoms with Gasteiger partial charge >= 0.3 is 0 Å². The first-order chi connectivity index (χ1) is 12.2. The van der Waals surface area contributed by atoms with Crippen LogP contribution in [0.15, 0.2) is 42.5 Å². The third kappa shape index (κ3) is 4.37. The van der Waals surface area contributed by atoms with E-state index >= 15 is 0 Å². The van der Waals surface area contributed by atoms with Crippen LogP contribution in [-0.2, 0) is 16.0 Å². The first-order valence-corrected chi connectivity index (χ1v) is 8.84. The molecule has 0 saturated heterocycles. The molecule has 1 fully saturated rings. The maximum absolute atomic E-state index is 12.4. The molecule has 5 nitrogen and oxygen atoms in total. The molecule has 132 valence electrons. The number of amides is 2. The summed E-state index contributed by atoms with van der Waals surface area (Å²) in [7, 11) is 0. The zero-order chi connectivity index (χ0) is 17.6. The number of carbonyl (C=O) groups excluding carboxylic acids is 2. The molecular weight excluding hydrogens is 316 g/mol. The van der Waals surface area contributed by atoms with E-state index < -0.39 is 12.6 Å². The summed E-state index contributed by atoms with van der Waals surface area (Å²) in [5, 5.41) is 17.1. The Balaban J connectivity index is 1.62. The van der Waals surface area contributed by atoms with Crippen molar-refractivity contribution in [1.82, 2.24) is 10.6 Å². The molecule has 1 aliphatic carbocycles. The zero-order valence-electron chi connectivity index (χ0n) is 14.2. The summed E-state index contributed by atoms with van der Waals surface area (Å²) in [6, 6.07) is 13.0. The molecule has 3 rings (SSSR count). The lowest BCUT2D eigenvalue weighted by Gasteiger charge is -2.19. The highest BCUT2D eigenvalue weighted by molar-refractivity contribution is 5.92. The van der Waals surface area contributed by atoms with Crippen LogP contribution >= 0.6 is 0 Å². The number of aliphatic hydroxyl groups excluding tert-OH is 1. The Morgan fingerprint density at radius 3 is 2.56 bits per heavy atom. The molecule has 2 aromatic rings. The van der Waals surface area contributed by atoms with Crippen molar-refractivity contribution in [3.63, 3.8) is 0 Å². The zero-order valence-corrected chi connectivity index (χ0v) is 14.2. The van der Waals surface area contributed by atoms with Crippen molar-refractivity contribution in [1.29, 1.82) is 0 Å². The SMILES string of the molecule is O=C(Cc1cccc2ccccc12)NC(CO)C(=O)NC1CCCC1. The van der Waals surface area contributed by atoms with Crippen molar-refractivity contribution >= 4 is 22.6 Å². The summed E-state index contributed by atoms with van der Waals surface area (Å²) in [4.78, 5) is 24.6. The van der Waals surface area contributed by atoms with Gasteiger partial charge in [-0.05, 0) is 29.2 Å². The van der Waals surface area contributed by atoms with Crippen LogP contribution in [0.2, 0.25) is 0 Å². The Hall–Kier alpha value is -2.40. The normalized spacial score (nSPS) is 15.9. The van der Waals surface area contributed by atoms with Crippen LogP contribution in [-0.4, -0.2) is 35.6 Å². The summed E-state index contributed by atoms with van der Waals surface area (Å²) >= 11 is 0. The monoisotopic (exact) mass is 340 g/mol. The largest absolute Gasteiger partial charge is 0.394 e. The van der Waals surface area contributed by atoms with Gasteiger partial charge in [0.25, 0.3) is 0 Å². The van der Waals surface area contributed by atoms with E-state index in [9.17, 15) is 14.7 Å². The van der Waals surface area contributed by atoms with E-state index in [-0.39, 0.29) is 24.3 Å². The van der Waals surface area contributed by atoms with E-state index in [1.807, 2.05) is 42.5 Å². The first-order valence-electron chi connectivity index (χ1n) is 8.84. The number of carbonyl (C=O) groups is 2. The number of rotatable bonds is 6. The minimum absolute atomic E-state index is 0.163. The van der Waals surface area contributed by atoms with Crippen LogP contribution in [0.5, 0.6) is 0 Å². The molecular formula is C20H24N2O3. The third-order valence-electron chi connectivity index (χ3n) is 4.77. The van der Waals surface area contributed by atoms with E-state index in [0.717, 1.165) is 42.0 Å². The van der Waals surface area contributed by atoms with Crippen molar-refractivity contribution in [2.24, 2.45) is 0 Å². The second-order valence-electron chi connectivity index (χ2n) is 6.61. The van der Waals surface area contributed by atoms with Gasteiger partial charge in [0.2, 0.25) is 11.8 Å². The van der Waals surface area contributed by atoms with E-state index in [1.54, 1.807) is 0 Å². The lowest BCUT2D eigenvalue weighted by atomic mass is 10.0. The van der Waals surface area contributed by atoms with Crippen LogP contribution in [0.3, 0.4) is 0 Å². The second kappa shape index (κ2) is 8.12. The second-order valence-corrected chi connectivity index (χ2v) is 6.61. The van der Waals surface area contributed by atoms with Gasteiger partial charge in [0.15, 0.2) is 0 Å². The topological polar surface area (TPSA) is 78.4 Å². The standard InChI is InChI=1S/C20H24N2O3/c23-13-18(20(25)21-16-9-2-3-10-16)22-19(24)12-15-8-5-7-14-6-1-4-11-17(14)15/h1,4-8,11,16,18,23H,2-3,9-10,12-13H2,(H,21,25)(H,22,24). The summed E-state index contributed by atoms with van der Waals surface area (Å²) in [6.45, 7) is -0.403. The van der Waals surface area contributed by atoms with Gasteiger partial charge in [-0.15, -0.1) is 0 Å². The summed E-state index contributed by atoms with van der Waals surface area (Å²) in [5.41, 5.74) is 0.906. The van der Waals surface area contributed by atoms with Crippen LogP contribution in [0.4, 0.5) is 0 Å². The Morgan fingerprint density at radius 1 is 1.08 bits per heavy atom. The molecule has 1 aliphatic rings. The molecule has 3 N–H and O–H groups in total. The molecule has 1 saturated carbocycles. The van der Waals surface area contributed by atoms with Gasteiger partial charge in [-0.3, -0.25) is 9.59 Å². The van der Waals surface area contributed by atoms with Crippen LogP contribution in [0, 0.1) is 0 Å². The molecule has 1 unspecified atom stereocenters. The maximum atomic E-state index is 12.4. The first kappa shape index (κ1) is 17.4. The van der Waals surface area contributed by atoms with Crippen LogP contribution in [0.1, 0.15) is 31.2 Å². The number of hydrogen-bond acceptors (Lipinski definition) is 3. The minimum Gasteiger partial charge on any atom is -0.394 e. The predicted octanol–water partition coefficient (Wildman–Crippen LogP) is 1.92. The van der Waals surface area contributed by atoms with Crippen molar-refractivity contribution in [3.05, 3.63) is 48.0 Å². The van der Waals surface area contributed by atoms with Gasteiger partial charge < -0.3 is 15.7 Å². The quantitative estimate of drug-likeness (QED) is 0.752. The Bertz CT molecular complexity index is 748. The van der Waals surface area contributed by atoms with Gasteiger partial charge in [-0.1, -0.05) is 55.3 Å². The number of benzene rings is 2. The molecule has 0 aliphatic heterocycles. The van der Waals surface area contributed by atoms with Crippen molar-refractivity contribution in [2.45, 2.75) is 44.2 Å². The molecule has 0 spiro atoms. The number of nitrogens with one attached hydrogen (secondary N) is 2. The van der Waals surface area contributed by atoms with E-state index in [2.05, 4.69) is 10.6 Å². The maximum Gasteiger partial charge on any atom is 0.245 e. The molecule has 0 heterocycles. The smallest absolute Gasteiger partial charge is 0.245 e. The number of hydrogen-bond donors (Lipinski definition) is 3. The average molecular weight is 340 g/mol. The number of fused-ring (bicyclic) bond motifs is 1. The lowest BCUT2D eigenvalue weighted by Crippen LogP contribution is -2.51. The van der Waals surface area contributed by atoms with Crippen molar-refractivity contribution in [3.8, 4) is 0 Å². The molecule has 25 heavy (non-hydrogen) atoms. The fourth-order valence-corrected chi connectivity index (χ4v) is 3.43. The van der Waals surface area contributed by atoms with Crippen LogP contribution in [0.25, 0.3) is 10.8 Å². The average Bonchev–Trinajstić information content (AvgIpc) is 3.13. The highest BCUT2D eigenvalue weighted by Crippen LogP contribution is 2.19. The van der Waals surface area contributed by atoms with Gasteiger partial charge in [0.05, 0.1) is 13.0 Å². The lowest BCUT2D eigenvalue weighted by molar-refractivity contribution is -0.130. The van der Waals surface area contributed by atoms with Crippen molar-refractivity contribution < 1.29 is 14.7 Å². The van der Waals surface area contributed by atoms with Crippen LogP contribution < -0.4 is 10.6 Å². The highest BCUT2D eigenvalue weighted by Gasteiger charge is 2.24. The highest BCUT2D eigenvalue weighted by atomic mass is 16.3. The third-order valence-corrected chi connectivity index (χ3v) is 4.77. The minimum atomic E-state index is -0.900. The number of aliphatic hydroxyl groups is 1. The van der Waals surface area contributed by atoms with E-state index in [1.165, 1.54) is 0 Å². The fraction of sp³-hybridized carbons (Fsp3) is 0.400. The van der Waals surface area contributed by atoms with Gasteiger partial charge in [-0.2, -0.15) is 0 Å². The van der Waals surface area contributed by atoms with E-state index in [0.29, 0.717) is 0 Å². The Labute approximate surface area is 147 Å². The predicted molar refractivity (Wildman–Crippen MR) is 97.1 cm³/mol. The molecule has 2 aromatic carbocycles. The van der Waals surface area contributed by atoms with E-state index in [4.69, 9.17) is 0 Å². The van der Waals surface area contributed by atoms with Gasteiger partial charge in [0.1, 0.15) is 6.04 Å². The molecule has 0 aromatic heterocycles. The summed E-state index contributed by atoms with van der Waals surface area (Å²) < 4.78 is 0. The van der Waals surface area contributed by atoms with Crippen molar-refractivity contribution in [2.75, 3.05) is 6.61 Å². The molecule has 0 bridgehead atoms. The van der Waals surface area contributed by atoms with Gasteiger partial charge in [0, 0.05) is 6.04 Å². The molecule has 0 radical (unpaired) electrons. The Morgan fingerprint density at radius 2 is 1.80 bits per heavy atom. The summed E-state index contributed by atoms with van der Waals surface area (Å²) in [5.74, 6) is -0.572. The summed E-state index contributed by atoms with van der Waals surface area (Å²) in [6.07, 6.45) is 4.33. The molecule has 1 atom stereocenters. The fourth-order valence-electron chi connectivity index (χ4n) is 3.43. The molecule has 2 amide bonds.